The molecule has 1 aromatic heterocycles. The van der Waals surface area contributed by atoms with E-state index >= 15 is 0 Å². The average molecular weight is 306 g/mol. The molecule has 0 spiro atoms. The van der Waals surface area contributed by atoms with Crippen molar-refractivity contribution in [3.63, 3.8) is 0 Å². The van der Waals surface area contributed by atoms with Gasteiger partial charge >= 0.3 is 0 Å². The van der Waals surface area contributed by atoms with Crippen molar-refractivity contribution in [2.75, 3.05) is 0 Å². The second kappa shape index (κ2) is 4.27. The van der Waals surface area contributed by atoms with Crippen LogP contribution in [0, 0.1) is 17.0 Å². The van der Waals surface area contributed by atoms with Gasteiger partial charge in [0.2, 0.25) is 0 Å². The molecule has 108 valence electrons. The first-order valence-corrected chi connectivity index (χ1v) is 7.39. The number of aromatic nitrogens is 1. The van der Waals surface area contributed by atoms with Crippen molar-refractivity contribution in [3.05, 3.63) is 46.0 Å². The Morgan fingerprint density at radius 2 is 1.90 bits per heavy atom. The summed E-state index contributed by atoms with van der Waals surface area (Å²) in [4.78, 5) is 13.1. The van der Waals surface area contributed by atoms with Crippen LogP contribution in [0.3, 0.4) is 0 Å². The molecule has 0 aliphatic heterocycles. The van der Waals surface area contributed by atoms with Crippen LogP contribution in [0.4, 0.5) is 5.69 Å². The Kier molecular flexibility index (Phi) is 2.75. The zero-order chi connectivity index (χ0) is 15.4. The molecule has 0 fully saturated rings. The first-order chi connectivity index (χ1) is 9.77. The fourth-order valence-corrected chi connectivity index (χ4v) is 2.99. The summed E-state index contributed by atoms with van der Waals surface area (Å²) in [7, 11) is -4.31. The van der Waals surface area contributed by atoms with Crippen molar-refractivity contribution in [1.82, 2.24) is 4.98 Å². The number of nitrogens with one attached hydrogen (secondary N) is 1. The van der Waals surface area contributed by atoms with Gasteiger partial charge in [-0.3, -0.25) is 14.7 Å². The van der Waals surface area contributed by atoms with Crippen LogP contribution in [-0.4, -0.2) is 22.9 Å². The lowest BCUT2D eigenvalue weighted by molar-refractivity contribution is -0.384. The molecule has 21 heavy (non-hydrogen) atoms. The highest BCUT2D eigenvalue weighted by atomic mass is 32.2. The molecular formula is C13H10N2O5S. The molecule has 0 atom stereocenters. The van der Waals surface area contributed by atoms with Crippen LogP contribution in [0.1, 0.15) is 5.56 Å². The van der Waals surface area contributed by atoms with Gasteiger partial charge in [0.1, 0.15) is 0 Å². The molecular weight excluding hydrogens is 296 g/mol. The molecule has 3 aromatic rings. The minimum atomic E-state index is -4.31. The van der Waals surface area contributed by atoms with Crippen LogP contribution in [0.25, 0.3) is 21.8 Å². The van der Waals surface area contributed by atoms with E-state index in [-0.39, 0.29) is 10.6 Å². The van der Waals surface area contributed by atoms with E-state index in [1.807, 2.05) is 0 Å². The predicted octanol–water partition coefficient (Wildman–Crippen LogP) is 2.78. The Hall–Kier alpha value is -2.45. The van der Waals surface area contributed by atoms with Gasteiger partial charge < -0.3 is 4.98 Å². The Morgan fingerprint density at radius 3 is 2.52 bits per heavy atom. The van der Waals surface area contributed by atoms with Crippen LogP contribution in [0.15, 0.2) is 35.2 Å². The van der Waals surface area contributed by atoms with Crippen LogP contribution >= 0.6 is 0 Å². The highest BCUT2D eigenvalue weighted by molar-refractivity contribution is 7.85. The third-order valence-electron chi connectivity index (χ3n) is 3.37. The van der Waals surface area contributed by atoms with E-state index in [0.29, 0.717) is 27.4 Å². The molecule has 0 aliphatic carbocycles. The van der Waals surface area contributed by atoms with E-state index in [2.05, 4.69) is 4.98 Å². The first-order valence-electron chi connectivity index (χ1n) is 5.95. The van der Waals surface area contributed by atoms with Crippen LogP contribution in [0.2, 0.25) is 0 Å². The molecule has 0 radical (unpaired) electrons. The lowest BCUT2D eigenvalue weighted by Gasteiger charge is -2.01. The van der Waals surface area contributed by atoms with Gasteiger partial charge in [0.25, 0.3) is 15.8 Å². The summed E-state index contributed by atoms with van der Waals surface area (Å²) in [6.07, 6.45) is 0. The van der Waals surface area contributed by atoms with Gasteiger partial charge in [0.15, 0.2) is 0 Å². The number of H-pyrrole nitrogens is 1. The molecule has 2 N–H and O–H groups in total. The number of fused-ring (bicyclic) bond motifs is 3. The molecule has 0 amide bonds. The molecule has 7 nitrogen and oxygen atoms in total. The van der Waals surface area contributed by atoms with Crippen LogP contribution < -0.4 is 0 Å². The lowest BCUT2D eigenvalue weighted by Crippen LogP contribution is -1.98. The Labute approximate surface area is 119 Å². The Morgan fingerprint density at radius 1 is 1.19 bits per heavy atom. The number of non-ortho nitro benzene ring substituents is 1. The van der Waals surface area contributed by atoms with E-state index in [0.717, 1.165) is 0 Å². The number of benzene rings is 2. The summed E-state index contributed by atoms with van der Waals surface area (Å²) < 4.78 is 31.7. The summed E-state index contributed by atoms with van der Waals surface area (Å²) >= 11 is 0. The van der Waals surface area contributed by atoms with E-state index in [1.54, 1.807) is 13.0 Å². The van der Waals surface area contributed by atoms with Crippen molar-refractivity contribution in [3.8, 4) is 0 Å². The third kappa shape index (κ3) is 2.14. The summed E-state index contributed by atoms with van der Waals surface area (Å²) in [5.41, 5.74) is 1.79. The molecule has 0 saturated heterocycles. The van der Waals surface area contributed by atoms with Gasteiger partial charge in [0.05, 0.1) is 15.3 Å². The van der Waals surface area contributed by atoms with Gasteiger partial charge in [0, 0.05) is 28.4 Å². The SMILES string of the molecule is Cc1cc(S(=O)(=O)O)cc2c1[nH]c1cc([N+](=O)[O-])ccc12. The number of aryl methyl sites for hydroxylation is 1. The topological polar surface area (TPSA) is 113 Å². The number of rotatable bonds is 2. The number of nitro benzene ring substituents is 1. The fourth-order valence-electron chi connectivity index (χ4n) is 2.40. The summed E-state index contributed by atoms with van der Waals surface area (Å²) in [6, 6.07) is 7.00. The number of nitro groups is 1. The molecule has 3 rings (SSSR count). The summed E-state index contributed by atoms with van der Waals surface area (Å²) in [6.45, 7) is 1.70. The third-order valence-corrected chi connectivity index (χ3v) is 4.20. The minimum Gasteiger partial charge on any atom is -0.354 e. The smallest absolute Gasteiger partial charge is 0.294 e. The summed E-state index contributed by atoms with van der Waals surface area (Å²) in [5.74, 6) is 0. The van der Waals surface area contributed by atoms with Gasteiger partial charge in [-0.05, 0) is 30.7 Å². The fraction of sp³-hybridized carbons (Fsp3) is 0.0769. The van der Waals surface area contributed by atoms with Crippen molar-refractivity contribution < 1.29 is 17.9 Å². The van der Waals surface area contributed by atoms with Gasteiger partial charge in [-0.1, -0.05) is 0 Å². The zero-order valence-corrected chi connectivity index (χ0v) is 11.6. The second-order valence-electron chi connectivity index (χ2n) is 4.75. The lowest BCUT2D eigenvalue weighted by atomic mass is 10.1. The number of hydrogen-bond donors (Lipinski definition) is 2. The predicted molar refractivity (Wildman–Crippen MR) is 77.0 cm³/mol. The minimum absolute atomic E-state index is 0.0540. The molecule has 1 heterocycles. The van der Waals surface area contributed by atoms with Gasteiger partial charge in [-0.2, -0.15) is 8.42 Å². The molecule has 2 aromatic carbocycles. The molecule has 0 aliphatic rings. The van der Waals surface area contributed by atoms with Crippen molar-refractivity contribution >= 4 is 37.6 Å². The van der Waals surface area contributed by atoms with Gasteiger partial charge in [-0.15, -0.1) is 0 Å². The maximum atomic E-state index is 11.3. The molecule has 0 saturated carbocycles. The standard InChI is InChI=1S/C13H10N2O5S/c1-7-4-9(21(18,19)20)6-11-10-3-2-8(15(16)17)5-12(10)14-13(7)11/h2-6,14H,1H3,(H,18,19,20). The molecule has 8 heteroatoms. The normalized spacial score (nSPS) is 12.1. The van der Waals surface area contributed by atoms with Crippen molar-refractivity contribution in [2.45, 2.75) is 11.8 Å². The monoisotopic (exact) mass is 306 g/mol. The van der Waals surface area contributed by atoms with Gasteiger partial charge in [-0.25, -0.2) is 0 Å². The van der Waals surface area contributed by atoms with Crippen LogP contribution in [0.5, 0.6) is 0 Å². The largest absolute Gasteiger partial charge is 0.354 e. The first kappa shape index (κ1) is 13.5. The maximum Gasteiger partial charge on any atom is 0.294 e. The maximum absolute atomic E-state index is 11.3. The van der Waals surface area contributed by atoms with Crippen molar-refractivity contribution in [2.24, 2.45) is 0 Å². The Balaban J connectivity index is 2.42. The van der Waals surface area contributed by atoms with Crippen molar-refractivity contribution in [1.29, 1.82) is 0 Å². The zero-order valence-electron chi connectivity index (χ0n) is 10.8. The second-order valence-corrected chi connectivity index (χ2v) is 6.17. The molecule has 0 unspecified atom stereocenters. The Bertz CT molecular complexity index is 1000. The average Bonchev–Trinajstić information content (AvgIpc) is 2.76. The number of aromatic amines is 1. The van der Waals surface area contributed by atoms with E-state index in [4.69, 9.17) is 0 Å². The number of hydrogen-bond acceptors (Lipinski definition) is 4. The highest BCUT2D eigenvalue weighted by Crippen LogP contribution is 2.31. The summed E-state index contributed by atoms with van der Waals surface area (Å²) in [5, 5.41) is 12.0. The molecule has 0 bridgehead atoms. The highest BCUT2D eigenvalue weighted by Gasteiger charge is 2.16. The van der Waals surface area contributed by atoms with E-state index in [1.165, 1.54) is 24.3 Å². The van der Waals surface area contributed by atoms with E-state index in [9.17, 15) is 23.1 Å². The number of nitrogens with zero attached hydrogens (tertiary/aromatic N) is 1. The van der Waals surface area contributed by atoms with E-state index < -0.39 is 15.0 Å². The van der Waals surface area contributed by atoms with Crippen LogP contribution in [-0.2, 0) is 10.1 Å². The quantitative estimate of drug-likeness (QED) is 0.429.